The first-order valence-corrected chi connectivity index (χ1v) is 9.03. The molecular weight excluding hydrogens is 318 g/mol. The second-order valence-corrected chi connectivity index (χ2v) is 8.47. The number of anilines is 1. The molecule has 8 nitrogen and oxygen atoms in total. The summed E-state index contributed by atoms with van der Waals surface area (Å²) in [6.07, 6.45) is 0. The topological polar surface area (TPSA) is 119 Å². The Balaban J connectivity index is 2.84. The summed E-state index contributed by atoms with van der Waals surface area (Å²) in [4.78, 5) is -0.0456. The molecule has 0 bridgehead atoms. The first kappa shape index (κ1) is 17.7. The van der Waals surface area contributed by atoms with Gasteiger partial charge >= 0.3 is 0 Å². The van der Waals surface area contributed by atoms with Crippen molar-refractivity contribution < 1.29 is 21.6 Å². The van der Waals surface area contributed by atoms with Crippen LogP contribution in [0, 0.1) is 0 Å². The minimum Gasteiger partial charge on any atom is -0.495 e. The van der Waals surface area contributed by atoms with Crippen molar-refractivity contribution in [1.82, 2.24) is 9.03 Å². The van der Waals surface area contributed by atoms with Gasteiger partial charge in [0.25, 0.3) is 0 Å². The molecule has 0 amide bonds. The quantitative estimate of drug-likeness (QED) is 0.644. The third-order valence-corrected chi connectivity index (χ3v) is 6.02. The largest absolute Gasteiger partial charge is 0.495 e. The Morgan fingerprint density at radius 2 is 1.86 bits per heavy atom. The second kappa shape index (κ2) is 6.60. The van der Waals surface area contributed by atoms with Gasteiger partial charge in [-0.3, -0.25) is 0 Å². The molecule has 21 heavy (non-hydrogen) atoms. The fraction of sp³-hybridized carbons (Fsp3) is 0.455. The van der Waals surface area contributed by atoms with Gasteiger partial charge in [0.2, 0.25) is 20.0 Å². The van der Waals surface area contributed by atoms with Crippen LogP contribution in [0.4, 0.5) is 5.69 Å². The number of nitrogens with zero attached hydrogens (tertiary/aromatic N) is 1. The molecule has 0 aliphatic carbocycles. The summed E-state index contributed by atoms with van der Waals surface area (Å²) in [7, 11) is -3.15. The van der Waals surface area contributed by atoms with Crippen LogP contribution in [0.25, 0.3) is 0 Å². The fourth-order valence-electron chi connectivity index (χ4n) is 1.43. The molecule has 10 heteroatoms. The Morgan fingerprint density at radius 1 is 1.24 bits per heavy atom. The number of nitrogen functional groups attached to an aromatic ring is 1. The zero-order chi connectivity index (χ0) is 16.3. The van der Waals surface area contributed by atoms with Crippen molar-refractivity contribution in [1.29, 1.82) is 0 Å². The van der Waals surface area contributed by atoms with E-state index < -0.39 is 20.0 Å². The number of nitrogens with two attached hydrogens (primary N) is 1. The normalized spacial score (nSPS) is 12.6. The van der Waals surface area contributed by atoms with Crippen LogP contribution in [0.5, 0.6) is 5.75 Å². The molecule has 0 unspecified atom stereocenters. The lowest BCUT2D eigenvalue weighted by Gasteiger charge is -2.12. The summed E-state index contributed by atoms with van der Waals surface area (Å²) in [5, 5.41) is 0. The van der Waals surface area contributed by atoms with Crippen molar-refractivity contribution in [3.8, 4) is 5.75 Å². The first-order chi connectivity index (χ1) is 9.60. The summed E-state index contributed by atoms with van der Waals surface area (Å²) in [5.74, 6) is -0.0930. The van der Waals surface area contributed by atoms with Crippen molar-refractivity contribution in [2.45, 2.75) is 4.90 Å². The molecule has 120 valence electrons. The van der Waals surface area contributed by atoms with Gasteiger partial charge in [-0.25, -0.2) is 25.9 Å². The van der Waals surface area contributed by atoms with Crippen LogP contribution in [-0.2, 0) is 20.0 Å². The van der Waals surface area contributed by atoms with E-state index in [4.69, 9.17) is 10.5 Å². The molecule has 1 rings (SSSR count). The van der Waals surface area contributed by atoms with Crippen LogP contribution in [-0.4, -0.2) is 54.6 Å². The molecule has 1 aromatic carbocycles. The molecule has 3 N–H and O–H groups in total. The summed E-state index contributed by atoms with van der Waals surface area (Å²) < 4.78 is 55.4. The van der Waals surface area contributed by atoms with Crippen molar-refractivity contribution in [3.63, 3.8) is 0 Å². The standard InChI is InChI=1S/C11H19N3O5S2/c1-14(2)20(15,16)7-6-13-21(17,18)9-4-5-10(12)11(8-9)19-3/h4-5,8,13H,6-7,12H2,1-3H3. The number of ether oxygens (including phenoxy) is 1. The van der Waals surface area contributed by atoms with E-state index in [0.717, 1.165) is 4.31 Å². The molecule has 0 radical (unpaired) electrons. The van der Waals surface area contributed by atoms with Crippen molar-refractivity contribution in [3.05, 3.63) is 18.2 Å². The molecule has 0 saturated carbocycles. The number of rotatable bonds is 7. The third-order valence-electron chi connectivity index (χ3n) is 2.72. The maximum Gasteiger partial charge on any atom is 0.240 e. The predicted octanol–water partition coefficient (Wildman–Crippen LogP) is -0.553. The highest BCUT2D eigenvalue weighted by Gasteiger charge is 2.18. The van der Waals surface area contributed by atoms with Gasteiger partial charge < -0.3 is 10.5 Å². The van der Waals surface area contributed by atoms with Gasteiger partial charge in [0.1, 0.15) is 5.75 Å². The van der Waals surface area contributed by atoms with E-state index in [1.165, 1.54) is 39.4 Å². The molecule has 0 heterocycles. The van der Waals surface area contributed by atoms with Crippen LogP contribution in [0.2, 0.25) is 0 Å². The van der Waals surface area contributed by atoms with Crippen LogP contribution in [0.3, 0.4) is 0 Å². The van der Waals surface area contributed by atoms with E-state index in [2.05, 4.69) is 4.72 Å². The molecule has 0 aromatic heterocycles. The van der Waals surface area contributed by atoms with E-state index in [1.807, 2.05) is 0 Å². The molecule has 0 spiro atoms. The van der Waals surface area contributed by atoms with Crippen LogP contribution in [0.15, 0.2) is 23.1 Å². The van der Waals surface area contributed by atoms with E-state index in [-0.39, 0.29) is 22.9 Å². The first-order valence-electron chi connectivity index (χ1n) is 5.93. The molecule has 0 saturated heterocycles. The smallest absolute Gasteiger partial charge is 0.240 e. The number of nitrogens with one attached hydrogen (secondary N) is 1. The summed E-state index contributed by atoms with van der Waals surface area (Å²) in [5.41, 5.74) is 5.92. The Kier molecular flexibility index (Phi) is 5.56. The molecule has 0 aliphatic heterocycles. The lowest BCUT2D eigenvalue weighted by Crippen LogP contribution is -2.33. The average molecular weight is 337 g/mol. The summed E-state index contributed by atoms with van der Waals surface area (Å²) in [6.45, 7) is -0.227. The highest BCUT2D eigenvalue weighted by atomic mass is 32.2. The lowest BCUT2D eigenvalue weighted by atomic mass is 10.3. The van der Waals surface area contributed by atoms with Crippen LogP contribution in [0.1, 0.15) is 0 Å². The monoisotopic (exact) mass is 337 g/mol. The second-order valence-electron chi connectivity index (χ2n) is 4.40. The summed E-state index contributed by atoms with van der Waals surface area (Å²) >= 11 is 0. The lowest BCUT2D eigenvalue weighted by molar-refractivity contribution is 0.415. The summed E-state index contributed by atoms with van der Waals surface area (Å²) in [6, 6.07) is 4.00. The minimum absolute atomic E-state index is 0.0456. The maximum absolute atomic E-state index is 12.1. The number of benzene rings is 1. The van der Waals surface area contributed by atoms with Crippen molar-refractivity contribution in [2.75, 3.05) is 39.2 Å². The van der Waals surface area contributed by atoms with Gasteiger partial charge in [0.05, 0.1) is 23.4 Å². The maximum atomic E-state index is 12.1. The SMILES string of the molecule is COc1cc(S(=O)(=O)NCCS(=O)(=O)N(C)C)ccc1N. The average Bonchev–Trinajstić information content (AvgIpc) is 2.38. The third kappa shape index (κ3) is 4.56. The number of sulfonamides is 2. The zero-order valence-corrected chi connectivity index (χ0v) is 13.7. The van der Waals surface area contributed by atoms with Crippen LogP contribution < -0.4 is 15.2 Å². The van der Waals surface area contributed by atoms with E-state index in [0.29, 0.717) is 5.69 Å². The van der Waals surface area contributed by atoms with Gasteiger partial charge in [0.15, 0.2) is 0 Å². The molecule has 0 atom stereocenters. The van der Waals surface area contributed by atoms with E-state index in [1.54, 1.807) is 0 Å². The van der Waals surface area contributed by atoms with Crippen LogP contribution >= 0.6 is 0 Å². The Bertz CT molecular complexity index is 699. The van der Waals surface area contributed by atoms with Gasteiger partial charge in [0, 0.05) is 26.7 Å². The van der Waals surface area contributed by atoms with E-state index >= 15 is 0 Å². The number of hydrogen-bond acceptors (Lipinski definition) is 6. The predicted molar refractivity (Wildman–Crippen MR) is 80.1 cm³/mol. The molecule has 0 fully saturated rings. The van der Waals surface area contributed by atoms with Crippen molar-refractivity contribution >= 4 is 25.7 Å². The van der Waals surface area contributed by atoms with E-state index in [9.17, 15) is 16.8 Å². The fourth-order valence-corrected chi connectivity index (χ4v) is 3.33. The molecule has 1 aromatic rings. The van der Waals surface area contributed by atoms with Gasteiger partial charge in [-0.15, -0.1) is 0 Å². The van der Waals surface area contributed by atoms with Crippen molar-refractivity contribution in [2.24, 2.45) is 0 Å². The highest BCUT2D eigenvalue weighted by molar-refractivity contribution is 7.90. The number of hydrogen-bond donors (Lipinski definition) is 2. The van der Waals surface area contributed by atoms with Gasteiger partial charge in [-0.1, -0.05) is 0 Å². The van der Waals surface area contributed by atoms with Gasteiger partial charge in [-0.2, -0.15) is 0 Å². The molecular formula is C11H19N3O5S2. The van der Waals surface area contributed by atoms with Gasteiger partial charge in [-0.05, 0) is 12.1 Å². The zero-order valence-electron chi connectivity index (χ0n) is 12.0. The Hall–Kier alpha value is -1.36. The molecule has 0 aliphatic rings. The Labute approximate surface area is 125 Å². The number of methoxy groups -OCH3 is 1. The highest BCUT2D eigenvalue weighted by Crippen LogP contribution is 2.24. The minimum atomic E-state index is -3.83. The Morgan fingerprint density at radius 3 is 2.38 bits per heavy atom.